The maximum atomic E-state index is 6.75. The molecule has 170 valence electrons. The fourth-order valence-corrected chi connectivity index (χ4v) is 4.53. The molecule has 0 spiro atoms. The zero-order valence-corrected chi connectivity index (χ0v) is 20.0. The molecule has 0 bridgehead atoms. The summed E-state index contributed by atoms with van der Waals surface area (Å²) in [5.41, 5.74) is 8.02. The molecule has 34 heavy (non-hydrogen) atoms. The quantitative estimate of drug-likeness (QED) is 0.363. The highest BCUT2D eigenvalue weighted by molar-refractivity contribution is 6.52. The van der Waals surface area contributed by atoms with E-state index in [2.05, 4.69) is 69.4 Å². The van der Waals surface area contributed by atoms with Crippen LogP contribution < -0.4 is 0 Å². The summed E-state index contributed by atoms with van der Waals surface area (Å²) in [5, 5.41) is 14.7. The Labute approximate surface area is 202 Å². The molecule has 0 aliphatic rings. The van der Waals surface area contributed by atoms with Crippen molar-refractivity contribution < 1.29 is 0 Å². The molecule has 5 rings (SSSR count). The molecule has 3 heterocycles. The highest BCUT2D eigenvalue weighted by Gasteiger charge is 2.17. The molecule has 0 aliphatic heterocycles. The third-order valence-corrected chi connectivity index (χ3v) is 6.18. The molecular weight excluding hydrogens is 446 g/mol. The van der Waals surface area contributed by atoms with Crippen LogP contribution in [0.25, 0.3) is 21.8 Å². The lowest BCUT2D eigenvalue weighted by molar-refractivity contribution is 0.745. The van der Waals surface area contributed by atoms with Crippen molar-refractivity contribution in [3.8, 4) is 0 Å². The van der Waals surface area contributed by atoms with Gasteiger partial charge in [0.05, 0.1) is 11.6 Å². The Bertz CT molecular complexity index is 1470. The van der Waals surface area contributed by atoms with E-state index in [1.165, 1.54) is 0 Å². The molecule has 0 saturated heterocycles. The number of hydrogen-bond acceptors (Lipinski definition) is 5. The number of benzene rings is 2. The second kappa shape index (κ2) is 9.19. The zero-order valence-electron chi connectivity index (χ0n) is 19.2. The van der Waals surface area contributed by atoms with Crippen molar-refractivity contribution in [1.29, 1.82) is 0 Å². The smallest absolute Gasteiger partial charge is 0.216 e. The molecule has 0 radical (unpaired) electrons. The molecule has 0 unspecified atom stereocenters. The van der Waals surface area contributed by atoms with Crippen LogP contribution in [0.1, 0.15) is 46.5 Å². The third kappa shape index (κ3) is 4.10. The zero-order chi connectivity index (χ0) is 23.7. The average molecular weight is 470 g/mol. The third-order valence-electron chi connectivity index (χ3n) is 5.82. The van der Waals surface area contributed by atoms with Crippen molar-refractivity contribution in [3.63, 3.8) is 0 Å². The van der Waals surface area contributed by atoms with Crippen molar-refractivity contribution >= 4 is 33.4 Å². The van der Waals surface area contributed by atoms with E-state index in [0.29, 0.717) is 17.4 Å². The number of aromatic nitrogens is 7. The van der Waals surface area contributed by atoms with Crippen LogP contribution in [-0.4, -0.2) is 35.2 Å². The molecule has 0 fully saturated rings. The minimum Gasteiger partial charge on any atom is -0.308 e. The second-order valence-corrected chi connectivity index (χ2v) is 8.59. The molecule has 0 aliphatic carbocycles. The van der Waals surface area contributed by atoms with Crippen LogP contribution in [0.2, 0.25) is 0 Å². The van der Waals surface area contributed by atoms with Crippen molar-refractivity contribution in [2.24, 2.45) is 0 Å². The second-order valence-electron chi connectivity index (χ2n) is 8.21. The lowest BCUT2D eigenvalue weighted by atomic mass is 9.96. The summed E-state index contributed by atoms with van der Waals surface area (Å²) in [5.74, 6) is 1.39. The summed E-state index contributed by atoms with van der Waals surface area (Å²) in [6, 6.07) is 20.5. The van der Waals surface area contributed by atoms with Gasteiger partial charge in [0.2, 0.25) is 5.82 Å². The Kier molecular flexibility index (Phi) is 5.94. The van der Waals surface area contributed by atoms with E-state index in [9.17, 15) is 0 Å². The van der Waals surface area contributed by atoms with Gasteiger partial charge in [-0.2, -0.15) is 5.21 Å². The lowest BCUT2D eigenvalue weighted by Gasteiger charge is -2.12. The van der Waals surface area contributed by atoms with E-state index in [1.54, 1.807) is 0 Å². The number of tetrazole rings is 1. The van der Waals surface area contributed by atoms with Crippen molar-refractivity contribution in [2.45, 2.75) is 33.7 Å². The molecule has 3 aromatic heterocycles. The Morgan fingerprint density at radius 3 is 2.38 bits per heavy atom. The molecule has 5 aromatic rings. The van der Waals surface area contributed by atoms with Crippen LogP contribution >= 0.6 is 11.6 Å². The topological polar surface area (TPSA) is 85.2 Å². The number of rotatable bonds is 6. The first-order chi connectivity index (χ1) is 16.5. The number of nitrogens with one attached hydrogen (secondary N) is 1. The molecule has 0 saturated carbocycles. The number of aryl methyl sites for hydroxylation is 3. The van der Waals surface area contributed by atoms with E-state index in [1.807, 2.05) is 37.3 Å². The van der Waals surface area contributed by atoms with Crippen molar-refractivity contribution in [3.05, 3.63) is 100 Å². The van der Waals surface area contributed by atoms with Gasteiger partial charge in [0, 0.05) is 17.7 Å². The van der Waals surface area contributed by atoms with Crippen molar-refractivity contribution in [2.75, 3.05) is 0 Å². The summed E-state index contributed by atoms with van der Waals surface area (Å²) in [7, 11) is 0. The average Bonchev–Trinajstić information content (AvgIpc) is 3.50. The number of aromatic amines is 1. The van der Waals surface area contributed by atoms with Gasteiger partial charge in [0.1, 0.15) is 11.3 Å². The van der Waals surface area contributed by atoms with Crippen molar-refractivity contribution in [1.82, 2.24) is 35.2 Å². The fourth-order valence-electron chi connectivity index (χ4n) is 4.24. The summed E-state index contributed by atoms with van der Waals surface area (Å²) in [6.07, 6.45) is 0.841. The first kappa shape index (κ1) is 22.0. The summed E-state index contributed by atoms with van der Waals surface area (Å²) < 4.78 is 2.21. The van der Waals surface area contributed by atoms with Crippen LogP contribution in [-0.2, 0) is 13.0 Å². The molecule has 2 aromatic carbocycles. The van der Waals surface area contributed by atoms with Crippen LogP contribution in [0, 0.1) is 13.8 Å². The van der Waals surface area contributed by atoms with E-state index in [0.717, 1.165) is 56.9 Å². The Morgan fingerprint density at radius 1 is 0.971 bits per heavy atom. The number of hydrogen-bond donors (Lipinski definition) is 1. The van der Waals surface area contributed by atoms with Gasteiger partial charge < -0.3 is 4.57 Å². The molecule has 8 heteroatoms. The highest BCUT2D eigenvalue weighted by atomic mass is 35.5. The fraction of sp³-hybridized carbons (Fsp3) is 0.192. The maximum absolute atomic E-state index is 6.75. The first-order valence-corrected chi connectivity index (χ1v) is 11.5. The van der Waals surface area contributed by atoms with Crippen LogP contribution in [0.3, 0.4) is 0 Å². The number of H-pyrrole nitrogens is 1. The van der Waals surface area contributed by atoms with Gasteiger partial charge in [-0.3, -0.25) is 0 Å². The highest BCUT2D eigenvalue weighted by Crippen LogP contribution is 2.33. The number of nitrogens with zero attached hydrogens (tertiary/aromatic N) is 6. The number of pyridine rings is 1. The molecular formula is C26H24ClN7. The predicted molar refractivity (Wildman–Crippen MR) is 134 cm³/mol. The normalized spacial score (nSPS) is 12.2. The van der Waals surface area contributed by atoms with Crippen LogP contribution in [0.5, 0.6) is 0 Å². The van der Waals surface area contributed by atoms with Gasteiger partial charge in [-0.05, 0) is 47.4 Å². The van der Waals surface area contributed by atoms with Gasteiger partial charge in [-0.25, -0.2) is 9.97 Å². The molecule has 1 N–H and O–H groups in total. The van der Waals surface area contributed by atoms with Gasteiger partial charge >= 0.3 is 0 Å². The lowest BCUT2D eigenvalue weighted by Crippen LogP contribution is -2.06. The SMILES string of the molecule is CCc1nc2c(C)cc(C)nc2n1Cc1ccc(C(=C(Cl)c2nn[nH]n2)c2ccccc2)cc1. The van der Waals surface area contributed by atoms with E-state index >= 15 is 0 Å². The number of halogens is 1. The number of imidazole rings is 1. The first-order valence-electron chi connectivity index (χ1n) is 11.2. The van der Waals surface area contributed by atoms with Gasteiger partial charge in [-0.15, -0.1) is 10.2 Å². The largest absolute Gasteiger partial charge is 0.308 e. The number of fused-ring (bicyclic) bond motifs is 1. The minimum atomic E-state index is 0.360. The van der Waals surface area contributed by atoms with Gasteiger partial charge in [-0.1, -0.05) is 73.1 Å². The van der Waals surface area contributed by atoms with Crippen LogP contribution in [0.15, 0.2) is 60.7 Å². The maximum Gasteiger partial charge on any atom is 0.216 e. The molecule has 0 atom stereocenters. The van der Waals surface area contributed by atoms with Gasteiger partial charge in [0.15, 0.2) is 5.65 Å². The summed E-state index contributed by atoms with van der Waals surface area (Å²) >= 11 is 6.75. The summed E-state index contributed by atoms with van der Waals surface area (Å²) in [6.45, 7) is 6.93. The van der Waals surface area contributed by atoms with E-state index < -0.39 is 0 Å². The monoisotopic (exact) mass is 469 g/mol. The van der Waals surface area contributed by atoms with Crippen LogP contribution in [0.4, 0.5) is 0 Å². The minimum absolute atomic E-state index is 0.360. The standard InChI is InChI=1S/C26H24ClN7/c1-4-21-29-24-16(2)14-17(3)28-26(24)34(21)15-18-10-12-20(13-11-18)22(19-8-6-5-7-9-19)23(27)25-30-32-33-31-25/h5-14H,4,15H2,1-3H3,(H,30,31,32,33). The van der Waals surface area contributed by atoms with Gasteiger partial charge in [0.25, 0.3) is 0 Å². The predicted octanol–water partition coefficient (Wildman–Crippen LogP) is 5.33. The van der Waals surface area contributed by atoms with E-state index in [-0.39, 0.29) is 0 Å². The van der Waals surface area contributed by atoms with E-state index in [4.69, 9.17) is 21.6 Å². The Hall–Kier alpha value is -3.84. The Morgan fingerprint density at radius 2 is 1.71 bits per heavy atom. The molecule has 0 amide bonds. The Balaban J connectivity index is 1.54. The molecule has 7 nitrogen and oxygen atoms in total. The summed E-state index contributed by atoms with van der Waals surface area (Å²) in [4.78, 5) is 9.65.